The number of fused-ring (bicyclic) bond motifs is 1. The first-order chi connectivity index (χ1) is 13.1. The molecule has 7 heteroatoms. The Hall–Kier alpha value is -3.35. The van der Waals surface area contributed by atoms with E-state index >= 15 is 0 Å². The van der Waals surface area contributed by atoms with E-state index in [9.17, 15) is 14.3 Å². The highest BCUT2D eigenvalue weighted by Gasteiger charge is 2.24. The molecule has 0 saturated carbocycles. The minimum absolute atomic E-state index is 0.000432. The number of rotatable bonds is 4. The van der Waals surface area contributed by atoms with Crippen LogP contribution >= 0.6 is 0 Å². The van der Waals surface area contributed by atoms with Gasteiger partial charge in [0.2, 0.25) is 0 Å². The molecule has 0 spiro atoms. The van der Waals surface area contributed by atoms with E-state index < -0.39 is 0 Å². The SMILES string of the molecule is O=C(COc1ccccc1O)N1CCc2nc(-c3cccc(F)c3)[nH]c2C1. The highest BCUT2D eigenvalue weighted by molar-refractivity contribution is 5.78. The molecule has 3 aromatic rings. The van der Waals surface area contributed by atoms with Crippen molar-refractivity contribution in [2.45, 2.75) is 13.0 Å². The molecule has 1 amide bonds. The summed E-state index contributed by atoms with van der Waals surface area (Å²) in [7, 11) is 0. The number of carbonyl (C=O) groups excluding carboxylic acids is 1. The van der Waals surface area contributed by atoms with Gasteiger partial charge in [0.15, 0.2) is 18.1 Å². The maximum Gasteiger partial charge on any atom is 0.260 e. The zero-order valence-electron chi connectivity index (χ0n) is 14.5. The average Bonchev–Trinajstić information content (AvgIpc) is 3.10. The summed E-state index contributed by atoms with van der Waals surface area (Å²) in [6.45, 7) is 0.766. The van der Waals surface area contributed by atoms with Crippen LogP contribution in [0.3, 0.4) is 0 Å². The number of aromatic amines is 1. The second kappa shape index (κ2) is 7.11. The van der Waals surface area contributed by atoms with Crippen molar-refractivity contribution < 1.29 is 19.0 Å². The number of hydrogen-bond acceptors (Lipinski definition) is 4. The maximum atomic E-state index is 13.4. The zero-order chi connectivity index (χ0) is 18.8. The molecular formula is C20H18FN3O3. The summed E-state index contributed by atoms with van der Waals surface area (Å²) in [4.78, 5) is 21.9. The number of para-hydroxylation sites is 2. The number of benzene rings is 2. The van der Waals surface area contributed by atoms with Crippen LogP contribution in [0.2, 0.25) is 0 Å². The number of H-pyrrole nitrogens is 1. The molecule has 0 bridgehead atoms. The number of halogens is 1. The van der Waals surface area contributed by atoms with Crippen molar-refractivity contribution in [1.29, 1.82) is 0 Å². The quantitative estimate of drug-likeness (QED) is 0.743. The molecule has 138 valence electrons. The molecular weight excluding hydrogens is 349 g/mol. The molecule has 27 heavy (non-hydrogen) atoms. The summed E-state index contributed by atoms with van der Waals surface area (Å²) < 4.78 is 18.8. The van der Waals surface area contributed by atoms with Crippen LogP contribution in [0, 0.1) is 5.82 Å². The van der Waals surface area contributed by atoms with Gasteiger partial charge in [-0.05, 0) is 24.3 Å². The summed E-state index contributed by atoms with van der Waals surface area (Å²) in [5.41, 5.74) is 2.40. The number of phenols is 1. The molecule has 2 heterocycles. The molecule has 2 N–H and O–H groups in total. The molecule has 1 aliphatic rings. The minimum Gasteiger partial charge on any atom is -0.504 e. The Morgan fingerprint density at radius 2 is 2.11 bits per heavy atom. The Bertz CT molecular complexity index is 986. The van der Waals surface area contributed by atoms with Crippen molar-refractivity contribution >= 4 is 5.91 Å². The van der Waals surface area contributed by atoms with Crippen molar-refractivity contribution in [2.75, 3.05) is 13.2 Å². The van der Waals surface area contributed by atoms with E-state index in [1.165, 1.54) is 18.2 Å². The second-order valence-electron chi connectivity index (χ2n) is 6.34. The van der Waals surface area contributed by atoms with Gasteiger partial charge >= 0.3 is 0 Å². The number of ether oxygens (including phenoxy) is 1. The summed E-state index contributed by atoms with van der Waals surface area (Å²) in [5.74, 6) is 0.378. The van der Waals surface area contributed by atoms with Gasteiger partial charge in [-0.3, -0.25) is 4.79 Å². The van der Waals surface area contributed by atoms with E-state index in [4.69, 9.17) is 4.74 Å². The van der Waals surface area contributed by atoms with E-state index in [1.54, 1.807) is 35.2 Å². The van der Waals surface area contributed by atoms with Crippen molar-refractivity contribution in [2.24, 2.45) is 0 Å². The maximum absolute atomic E-state index is 13.4. The van der Waals surface area contributed by atoms with E-state index in [0.29, 0.717) is 30.9 Å². The van der Waals surface area contributed by atoms with Crippen molar-refractivity contribution in [3.63, 3.8) is 0 Å². The Morgan fingerprint density at radius 1 is 1.26 bits per heavy atom. The minimum atomic E-state index is -0.319. The molecule has 0 aliphatic carbocycles. The van der Waals surface area contributed by atoms with Crippen molar-refractivity contribution in [3.8, 4) is 22.9 Å². The summed E-state index contributed by atoms with van der Waals surface area (Å²) >= 11 is 0. The molecule has 6 nitrogen and oxygen atoms in total. The first-order valence-corrected chi connectivity index (χ1v) is 8.62. The third kappa shape index (κ3) is 3.62. The van der Waals surface area contributed by atoms with Crippen LogP contribution in [-0.2, 0) is 17.8 Å². The lowest BCUT2D eigenvalue weighted by atomic mass is 10.1. The van der Waals surface area contributed by atoms with Crippen LogP contribution in [0.1, 0.15) is 11.4 Å². The van der Waals surface area contributed by atoms with E-state index in [2.05, 4.69) is 9.97 Å². The number of nitrogens with zero attached hydrogens (tertiary/aromatic N) is 2. The predicted octanol–water partition coefficient (Wildman–Crippen LogP) is 2.89. The number of phenolic OH excluding ortho intramolecular Hbond substituents is 1. The van der Waals surface area contributed by atoms with Crippen molar-refractivity contribution in [3.05, 3.63) is 65.7 Å². The predicted molar refractivity (Wildman–Crippen MR) is 96.7 cm³/mol. The molecule has 1 aliphatic heterocycles. The van der Waals surface area contributed by atoms with Gasteiger partial charge in [-0.15, -0.1) is 0 Å². The standard InChI is InChI=1S/C20H18FN3O3/c21-14-5-3-4-13(10-14)20-22-15-8-9-24(11-16(15)23-20)19(26)12-27-18-7-2-1-6-17(18)25/h1-7,10,25H,8-9,11-12H2,(H,22,23). The van der Waals surface area contributed by atoms with Gasteiger partial charge in [-0.1, -0.05) is 24.3 Å². The van der Waals surface area contributed by atoms with E-state index in [-0.39, 0.29) is 29.8 Å². The fourth-order valence-electron chi connectivity index (χ4n) is 3.09. The van der Waals surface area contributed by atoms with Gasteiger partial charge in [0.05, 0.1) is 17.9 Å². The van der Waals surface area contributed by atoms with Crippen LogP contribution in [0.25, 0.3) is 11.4 Å². The zero-order valence-corrected chi connectivity index (χ0v) is 14.5. The van der Waals surface area contributed by atoms with Crippen molar-refractivity contribution in [1.82, 2.24) is 14.9 Å². The van der Waals surface area contributed by atoms with Gasteiger partial charge in [-0.25, -0.2) is 9.37 Å². The Kier molecular flexibility index (Phi) is 4.50. The molecule has 0 saturated heterocycles. The van der Waals surface area contributed by atoms with Crippen LogP contribution in [0.5, 0.6) is 11.5 Å². The van der Waals surface area contributed by atoms with Crippen LogP contribution in [-0.4, -0.2) is 39.0 Å². The monoisotopic (exact) mass is 367 g/mol. The Balaban J connectivity index is 1.43. The highest BCUT2D eigenvalue weighted by Crippen LogP contribution is 2.25. The summed E-state index contributed by atoms with van der Waals surface area (Å²) in [6.07, 6.45) is 0.615. The molecule has 4 rings (SSSR count). The highest BCUT2D eigenvalue weighted by atomic mass is 19.1. The lowest BCUT2D eigenvalue weighted by Crippen LogP contribution is -2.38. The van der Waals surface area contributed by atoms with E-state index in [1.807, 2.05) is 0 Å². The first kappa shape index (κ1) is 17.1. The molecule has 2 aromatic carbocycles. The lowest BCUT2D eigenvalue weighted by molar-refractivity contribution is -0.134. The van der Waals surface area contributed by atoms with Gasteiger partial charge in [0.1, 0.15) is 11.6 Å². The normalized spacial score (nSPS) is 13.3. The Morgan fingerprint density at radius 3 is 2.93 bits per heavy atom. The van der Waals surface area contributed by atoms with Crippen LogP contribution in [0.4, 0.5) is 4.39 Å². The van der Waals surface area contributed by atoms with Crippen LogP contribution in [0.15, 0.2) is 48.5 Å². The molecule has 0 fully saturated rings. The number of amides is 1. The van der Waals surface area contributed by atoms with Crippen LogP contribution < -0.4 is 4.74 Å². The summed E-state index contributed by atoms with van der Waals surface area (Å²) in [5, 5.41) is 9.70. The third-order valence-corrected chi connectivity index (χ3v) is 4.50. The van der Waals surface area contributed by atoms with Gasteiger partial charge < -0.3 is 19.7 Å². The molecule has 1 aromatic heterocycles. The van der Waals surface area contributed by atoms with E-state index in [0.717, 1.165) is 11.4 Å². The number of imidazole rings is 1. The fraction of sp³-hybridized carbons (Fsp3) is 0.200. The molecule has 0 unspecified atom stereocenters. The average molecular weight is 367 g/mol. The number of carbonyl (C=O) groups is 1. The Labute approximate surface area is 155 Å². The second-order valence-corrected chi connectivity index (χ2v) is 6.34. The largest absolute Gasteiger partial charge is 0.504 e. The number of nitrogens with one attached hydrogen (secondary N) is 1. The number of aromatic nitrogens is 2. The van der Waals surface area contributed by atoms with Gasteiger partial charge in [-0.2, -0.15) is 0 Å². The molecule has 0 radical (unpaired) electrons. The lowest BCUT2D eigenvalue weighted by Gasteiger charge is -2.26. The number of hydrogen-bond donors (Lipinski definition) is 2. The topological polar surface area (TPSA) is 78.5 Å². The third-order valence-electron chi connectivity index (χ3n) is 4.50. The molecule has 0 atom stereocenters. The fourth-order valence-corrected chi connectivity index (χ4v) is 3.09. The smallest absolute Gasteiger partial charge is 0.260 e. The summed E-state index contributed by atoms with van der Waals surface area (Å²) in [6, 6.07) is 12.8. The number of aromatic hydroxyl groups is 1. The van der Waals surface area contributed by atoms with Gasteiger partial charge in [0, 0.05) is 18.5 Å². The first-order valence-electron chi connectivity index (χ1n) is 8.62. The van der Waals surface area contributed by atoms with Gasteiger partial charge in [0.25, 0.3) is 5.91 Å².